The third kappa shape index (κ3) is 5.15. The van der Waals surface area contributed by atoms with E-state index in [2.05, 4.69) is 31.1 Å². The highest BCUT2D eigenvalue weighted by molar-refractivity contribution is 5.89. The fraction of sp³-hybridized carbons (Fsp3) is 0.158. The topological polar surface area (TPSA) is 101 Å². The molecule has 1 heterocycles. The van der Waals surface area contributed by atoms with Crippen molar-refractivity contribution in [3.8, 4) is 5.75 Å². The number of anilines is 4. The number of hydrogen-bond acceptors (Lipinski definition) is 7. The van der Waals surface area contributed by atoms with Crippen molar-refractivity contribution < 1.29 is 9.53 Å². The van der Waals surface area contributed by atoms with Crippen molar-refractivity contribution in [2.24, 2.45) is 0 Å². The summed E-state index contributed by atoms with van der Waals surface area (Å²) >= 11 is 0. The molecule has 0 aliphatic heterocycles. The molecule has 0 radical (unpaired) electrons. The van der Waals surface area contributed by atoms with Gasteiger partial charge in [0.15, 0.2) is 5.82 Å². The minimum atomic E-state index is -0.126. The van der Waals surface area contributed by atoms with Crippen LogP contribution in [0.3, 0.4) is 0 Å². The van der Waals surface area contributed by atoms with E-state index in [9.17, 15) is 4.79 Å². The maximum absolute atomic E-state index is 11.2. The average Bonchev–Trinajstić information content (AvgIpc) is 2.66. The zero-order chi connectivity index (χ0) is 19.1. The van der Waals surface area contributed by atoms with Crippen LogP contribution in [0.1, 0.15) is 12.5 Å². The van der Waals surface area contributed by atoms with Crippen LogP contribution in [0.15, 0.2) is 54.7 Å². The normalized spacial score (nSPS) is 10.1. The highest BCUT2D eigenvalue weighted by Crippen LogP contribution is 2.20. The van der Waals surface area contributed by atoms with Gasteiger partial charge in [-0.2, -0.15) is 10.1 Å². The number of benzene rings is 2. The molecule has 8 heteroatoms. The standard InChI is InChI=1S/C19H20N6O2/c1-13(26)22-15-7-5-8-16(10-15)23-18-12-21-25-19(24-18)20-11-14-6-3-4-9-17(14)27-2/h3-10,12H,11H2,1-2H3,(H,22,26)(H2,20,23,24,25). The molecule has 0 aliphatic rings. The summed E-state index contributed by atoms with van der Waals surface area (Å²) in [6, 6.07) is 15.1. The molecule has 27 heavy (non-hydrogen) atoms. The average molecular weight is 364 g/mol. The Bertz CT molecular complexity index is 931. The van der Waals surface area contributed by atoms with Gasteiger partial charge in [-0.1, -0.05) is 24.3 Å². The molecule has 3 aromatic rings. The maximum atomic E-state index is 11.2. The lowest BCUT2D eigenvalue weighted by molar-refractivity contribution is -0.114. The Morgan fingerprint density at radius 3 is 2.74 bits per heavy atom. The smallest absolute Gasteiger partial charge is 0.244 e. The van der Waals surface area contributed by atoms with Crippen molar-refractivity contribution in [2.75, 3.05) is 23.1 Å². The Hall–Kier alpha value is -3.68. The van der Waals surface area contributed by atoms with Crippen molar-refractivity contribution in [3.05, 3.63) is 60.3 Å². The van der Waals surface area contributed by atoms with Gasteiger partial charge in [-0.3, -0.25) is 4.79 Å². The molecule has 2 aromatic carbocycles. The fourth-order valence-corrected chi connectivity index (χ4v) is 2.49. The first kappa shape index (κ1) is 18.1. The molecule has 8 nitrogen and oxygen atoms in total. The van der Waals surface area contributed by atoms with Gasteiger partial charge in [0.1, 0.15) is 5.75 Å². The van der Waals surface area contributed by atoms with E-state index in [1.54, 1.807) is 7.11 Å². The van der Waals surface area contributed by atoms with Gasteiger partial charge in [-0.05, 0) is 24.3 Å². The molecule has 0 bridgehead atoms. The number of rotatable bonds is 7. The van der Waals surface area contributed by atoms with Crippen LogP contribution in [-0.4, -0.2) is 28.2 Å². The number of para-hydroxylation sites is 1. The molecule has 1 aromatic heterocycles. The molecular weight excluding hydrogens is 344 g/mol. The Kier molecular flexibility index (Phi) is 5.78. The minimum Gasteiger partial charge on any atom is -0.496 e. The highest BCUT2D eigenvalue weighted by atomic mass is 16.5. The van der Waals surface area contributed by atoms with Crippen molar-refractivity contribution in [1.82, 2.24) is 15.2 Å². The van der Waals surface area contributed by atoms with Crippen LogP contribution in [0.5, 0.6) is 5.75 Å². The van der Waals surface area contributed by atoms with Crippen molar-refractivity contribution in [1.29, 1.82) is 0 Å². The number of hydrogen-bond donors (Lipinski definition) is 3. The summed E-state index contributed by atoms with van der Waals surface area (Å²) in [6.45, 7) is 1.97. The Balaban J connectivity index is 1.68. The summed E-state index contributed by atoms with van der Waals surface area (Å²) in [7, 11) is 1.64. The van der Waals surface area contributed by atoms with Gasteiger partial charge in [0, 0.05) is 30.4 Å². The molecule has 0 unspecified atom stereocenters. The summed E-state index contributed by atoms with van der Waals surface area (Å²) in [6.07, 6.45) is 1.53. The molecular formula is C19H20N6O2. The lowest BCUT2D eigenvalue weighted by Gasteiger charge is -2.10. The highest BCUT2D eigenvalue weighted by Gasteiger charge is 2.05. The largest absolute Gasteiger partial charge is 0.496 e. The third-order valence-electron chi connectivity index (χ3n) is 3.64. The predicted molar refractivity (Wildman–Crippen MR) is 104 cm³/mol. The number of carbonyl (C=O) groups excluding carboxylic acids is 1. The van der Waals surface area contributed by atoms with E-state index in [0.717, 1.165) is 17.0 Å². The van der Waals surface area contributed by atoms with Crippen LogP contribution in [0.25, 0.3) is 0 Å². The van der Waals surface area contributed by atoms with Gasteiger partial charge in [0.2, 0.25) is 11.9 Å². The fourth-order valence-electron chi connectivity index (χ4n) is 2.49. The Morgan fingerprint density at radius 1 is 1.11 bits per heavy atom. The SMILES string of the molecule is COc1ccccc1CNc1nncc(Nc2cccc(NC(C)=O)c2)n1. The van der Waals surface area contributed by atoms with E-state index in [0.29, 0.717) is 24.0 Å². The molecule has 138 valence electrons. The molecule has 0 atom stereocenters. The van der Waals surface area contributed by atoms with E-state index < -0.39 is 0 Å². The van der Waals surface area contributed by atoms with Crippen LogP contribution in [0, 0.1) is 0 Å². The van der Waals surface area contributed by atoms with Crippen LogP contribution >= 0.6 is 0 Å². The number of amides is 1. The zero-order valence-electron chi connectivity index (χ0n) is 15.1. The molecule has 0 spiro atoms. The minimum absolute atomic E-state index is 0.126. The first-order valence-corrected chi connectivity index (χ1v) is 8.34. The summed E-state index contributed by atoms with van der Waals surface area (Å²) in [4.78, 5) is 15.6. The monoisotopic (exact) mass is 364 g/mol. The molecule has 3 N–H and O–H groups in total. The second-order valence-electron chi connectivity index (χ2n) is 5.72. The van der Waals surface area contributed by atoms with E-state index in [1.807, 2.05) is 48.5 Å². The van der Waals surface area contributed by atoms with Gasteiger partial charge >= 0.3 is 0 Å². The van der Waals surface area contributed by atoms with E-state index >= 15 is 0 Å². The van der Waals surface area contributed by atoms with Crippen LogP contribution < -0.4 is 20.7 Å². The van der Waals surface area contributed by atoms with Crippen LogP contribution in [0.2, 0.25) is 0 Å². The molecule has 3 rings (SSSR count). The summed E-state index contributed by atoms with van der Waals surface area (Å²) in [5.74, 6) is 1.59. The van der Waals surface area contributed by atoms with Gasteiger partial charge in [0.25, 0.3) is 0 Å². The number of methoxy groups -OCH3 is 1. The molecule has 0 aliphatic carbocycles. The molecule has 0 saturated carbocycles. The van der Waals surface area contributed by atoms with Gasteiger partial charge < -0.3 is 20.7 Å². The lowest BCUT2D eigenvalue weighted by Crippen LogP contribution is -2.08. The van der Waals surface area contributed by atoms with E-state index in [1.165, 1.54) is 13.1 Å². The lowest BCUT2D eigenvalue weighted by atomic mass is 10.2. The van der Waals surface area contributed by atoms with Crippen LogP contribution in [0.4, 0.5) is 23.1 Å². The summed E-state index contributed by atoms with van der Waals surface area (Å²) < 4.78 is 5.34. The Labute approximate surface area is 157 Å². The van der Waals surface area contributed by atoms with Crippen molar-refractivity contribution in [2.45, 2.75) is 13.5 Å². The Morgan fingerprint density at radius 2 is 1.93 bits per heavy atom. The quantitative estimate of drug-likeness (QED) is 0.592. The maximum Gasteiger partial charge on any atom is 0.244 e. The van der Waals surface area contributed by atoms with Gasteiger partial charge in [0.05, 0.1) is 13.3 Å². The van der Waals surface area contributed by atoms with Crippen molar-refractivity contribution in [3.63, 3.8) is 0 Å². The van der Waals surface area contributed by atoms with E-state index in [4.69, 9.17) is 4.74 Å². The first-order chi connectivity index (χ1) is 13.1. The number of nitrogens with zero attached hydrogens (tertiary/aromatic N) is 3. The number of carbonyl (C=O) groups is 1. The van der Waals surface area contributed by atoms with Gasteiger partial charge in [-0.25, -0.2) is 0 Å². The summed E-state index contributed by atoms with van der Waals surface area (Å²) in [5, 5.41) is 17.0. The van der Waals surface area contributed by atoms with Gasteiger partial charge in [-0.15, -0.1) is 5.10 Å². The molecule has 1 amide bonds. The number of nitrogens with one attached hydrogen (secondary N) is 3. The third-order valence-corrected chi connectivity index (χ3v) is 3.64. The number of ether oxygens (including phenoxy) is 1. The summed E-state index contributed by atoms with van der Waals surface area (Å²) in [5.41, 5.74) is 2.46. The molecule has 0 saturated heterocycles. The number of aromatic nitrogens is 3. The van der Waals surface area contributed by atoms with Crippen molar-refractivity contribution >= 4 is 29.0 Å². The zero-order valence-corrected chi connectivity index (χ0v) is 15.1. The first-order valence-electron chi connectivity index (χ1n) is 8.34. The van der Waals surface area contributed by atoms with Crippen LogP contribution in [-0.2, 0) is 11.3 Å². The second kappa shape index (κ2) is 8.61. The predicted octanol–water partition coefficient (Wildman–Crippen LogP) is 3.19. The molecule has 0 fully saturated rings. The second-order valence-corrected chi connectivity index (χ2v) is 5.72. The van der Waals surface area contributed by atoms with E-state index in [-0.39, 0.29) is 5.91 Å².